The average molecular weight is 190 g/mol. The van der Waals surface area contributed by atoms with Crippen LogP contribution in [-0.4, -0.2) is 11.1 Å². The van der Waals surface area contributed by atoms with Crippen LogP contribution in [0.5, 0.6) is 0 Å². The molecule has 0 aromatic heterocycles. The first-order chi connectivity index (χ1) is 5.52. The van der Waals surface area contributed by atoms with Crippen LogP contribution in [0.15, 0.2) is 12.1 Å². The van der Waals surface area contributed by atoms with E-state index in [2.05, 4.69) is 0 Å². The number of anilines is 1. The van der Waals surface area contributed by atoms with Gasteiger partial charge in [0.15, 0.2) is 0 Å². The van der Waals surface area contributed by atoms with Gasteiger partial charge in [0.1, 0.15) is 5.82 Å². The van der Waals surface area contributed by atoms with E-state index in [0.717, 1.165) is 12.1 Å². The number of benzene rings is 1. The Hall–Kier alpha value is -1.29. The van der Waals surface area contributed by atoms with E-state index in [1.54, 1.807) is 0 Å². The summed E-state index contributed by atoms with van der Waals surface area (Å²) in [7, 11) is 0. The van der Waals surface area contributed by atoms with E-state index in [-0.39, 0.29) is 10.7 Å². The number of hydrogen-bond acceptors (Lipinski definition) is 2. The highest BCUT2D eigenvalue weighted by Crippen LogP contribution is 2.22. The predicted molar refractivity (Wildman–Crippen MR) is 42.8 cm³/mol. The van der Waals surface area contributed by atoms with Crippen LogP contribution in [0, 0.1) is 5.82 Å². The van der Waals surface area contributed by atoms with Gasteiger partial charge in [0.2, 0.25) is 0 Å². The maximum absolute atomic E-state index is 12.8. The molecule has 3 nitrogen and oxygen atoms in total. The van der Waals surface area contributed by atoms with E-state index in [4.69, 9.17) is 22.4 Å². The third-order valence-electron chi connectivity index (χ3n) is 1.32. The van der Waals surface area contributed by atoms with E-state index in [9.17, 15) is 9.18 Å². The highest BCUT2D eigenvalue weighted by molar-refractivity contribution is 6.33. The smallest absolute Gasteiger partial charge is 0.338 e. The van der Waals surface area contributed by atoms with Gasteiger partial charge in [-0.15, -0.1) is 0 Å². The lowest BCUT2D eigenvalue weighted by Gasteiger charge is -2.00. The van der Waals surface area contributed by atoms with E-state index >= 15 is 0 Å². The van der Waals surface area contributed by atoms with Gasteiger partial charge in [0, 0.05) is 0 Å². The molecule has 0 saturated heterocycles. The minimum absolute atomic E-state index is 0.0116. The van der Waals surface area contributed by atoms with Crippen LogP contribution in [0.4, 0.5) is 10.1 Å². The minimum Gasteiger partial charge on any atom is -0.478 e. The number of carbonyl (C=O) groups is 1. The van der Waals surface area contributed by atoms with Gasteiger partial charge in [-0.05, 0) is 12.1 Å². The van der Waals surface area contributed by atoms with Crippen molar-refractivity contribution in [1.82, 2.24) is 0 Å². The first kappa shape index (κ1) is 8.80. The summed E-state index contributed by atoms with van der Waals surface area (Å²) in [5.74, 6) is -2.25. The van der Waals surface area contributed by atoms with Gasteiger partial charge < -0.3 is 10.8 Å². The van der Waals surface area contributed by atoms with Crippen molar-refractivity contribution in [2.24, 2.45) is 0 Å². The summed E-state index contributed by atoms with van der Waals surface area (Å²) >= 11 is 5.43. The molecule has 0 radical (unpaired) electrons. The molecular weight excluding hydrogens is 185 g/mol. The normalized spacial score (nSPS) is 9.83. The van der Waals surface area contributed by atoms with Gasteiger partial charge in [-0.3, -0.25) is 0 Å². The molecule has 0 saturated carbocycles. The number of nitrogen functional groups attached to an aromatic ring is 1. The molecule has 0 atom stereocenters. The SMILES string of the molecule is Nc1cc(C(=O)O)c(F)cc1Cl. The lowest BCUT2D eigenvalue weighted by Crippen LogP contribution is -2.02. The number of halogens is 2. The molecule has 3 N–H and O–H groups in total. The molecule has 0 heterocycles. The van der Waals surface area contributed by atoms with Crippen molar-refractivity contribution in [3.63, 3.8) is 0 Å². The Morgan fingerprint density at radius 3 is 2.67 bits per heavy atom. The number of carboxylic acid groups (broad SMARTS) is 1. The Bertz CT molecular complexity index is 340. The fourth-order valence-electron chi connectivity index (χ4n) is 0.730. The van der Waals surface area contributed by atoms with Gasteiger partial charge in [0.05, 0.1) is 16.3 Å². The second-order valence-corrected chi connectivity index (χ2v) is 2.57. The molecule has 64 valence electrons. The summed E-state index contributed by atoms with van der Waals surface area (Å²) in [5, 5.41) is 8.45. The van der Waals surface area contributed by atoms with Crippen LogP contribution in [0.25, 0.3) is 0 Å². The highest BCUT2D eigenvalue weighted by Gasteiger charge is 2.12. The third-order valence-corrected chi connectivity index (χ3v) is 1.64. The molecule has 0 fully saturated rings. The third kappa shape index (κ3) is 1.48. The zero-order chi connectivity index (χ0) is 9.30. The first-order valence-corrected chi connectivity index (χ1v) is 3.38. The minimum atomic E-state index is -1.36. The van der Waals surface area contributed by atoms with Crippen molar-refractivity contribution >= 4 is 23.3 Å². The number of carboxylic acids is 1. The van der Waals surface area contributed by atoms with Crippen molar-refractivity contribution in [2.75, 3.05) is 5.73 Å². The molecule has 0 unspecified atom stereocenters. The van der Waals surface area contributed by atoms with Gasteiger partial charge in [-0.25, -0.2) is 9.18 Å². The molecular formula is C7H5ClFNO2. The van der Waals surface area contributed by atoms with Crippen molar-refractivity contribution in [1.29, 1.82) is 0 Å². The van der Waals surface area contributed by atoms with Crippen molar-refractivity contribution in [2.45, 2.75) is 0 Å². The molecule has 0 aliphatic heterocycles. The Labute approximate surface area is 72.6 Å². The average Bonchev–Trinajstić information content (AvgIpc) is 1.96. The lowest BCUT2D eigenvalue weighted by atomic mass is 10.2. The summed E-state index contributed by atoms with van der Waals surface area (Å²) in [4.78, 5) is 10.3. The molecule has 12 heavy (non-hydrogen) atoms. The number of nitrogens with two attached hydrogens (primary N) is 1. The molecule has 0 amide bonds. The van der Waals surface area contributed by atoms with Crippen LogP contribution in [-0.2, 0) is 0 Å². The zero-order valence-electron chi connectivity index (χ0n) is 5.84. The predicted octanol–water partition coefficient (Wildman–Crippen LogP) is 1.76. The van der Waals surface area contributed by atoms with Crippen LogP contribution in [0.1, 0.15) is 10.4 Å². The Morgan fingerprint density at radius 2 is 2.17 bits per heavy atom. The van der Waals surface area contributed by atoms with Crippen LogP contribution in [0.3, 0.4) is 0 Å². The highest BCUT2D eigenvalue weighted by atomic mass is 35.5. The summed E-state index contributed by atoms with van der Waals surface area (Å²) < 4.78 is 12.8. The first-order valence-electron chi connectivity index (χ1n) is 3.00. The summed E-state index contributed by atoms with van der Waals surface area (Å²) in [6.07, 6.45) is 0. The fourth-order valence-corrected chi connectivity index (χ4v) is 0.880. The van der Waals surface area contributed by atoms with Gasteiger partial charge in [-0.1, -0.05) is 11.6 Å². The van der Waals surface area contributed by atoms with Gasteiger partial charge >= 0.3 is 5.97 Å². The molecule has 1 rings (SSSR count). The molecule has 0 aliphatic carbocycles. The maximum Gasteiger partial charge on any atom is 0.338 e. The maximum atomic E-state index is 12.8. The molecule has 5 heteroatoms. The van der Waals surface area contributed by atoms with Gasteiger partial charge in [-0.2, -0.15) is 0 Å². The van der Waals surface area contributed by atoms with Gasteiger partial charge in [0.25, 0.3) is 0 Å². The quantitative estimate of drug-likeness (QED) is 0.662. The van der Waals surface area contributed by atoms with E-state index < -0.39 is 17.3 Å². The summed E-state index contributed by atoms with van der Waals surface area (Å²) in [5.41, 5.74) is 4.84. The fraction of sp³-hybridized carbons (Fsp3) is 0. The number of aromatic carboxylic acids is 1. The second kappa shape index (κ2) is 2.98. The molecule has 0 bridgehead atoms. The molecule has 1 aromatic carbocycles. The monoisotopic (exact) mass is 189 g/mol. The van der Waals surface area contributed by atoms with Crippen molar-refractivity contribution in [3.05, 3.63) is 28.5 Å². The van der Waals surface area contributed by atoms with E-state index in [1.807, 2.05) is 0 Å². The van der Waals surface area contributed by atoms with Crippen LogP contribution in [0.2, 0.25) is 5.02 Å². The molecule has 1 aromatic rings. The number of rotatable bonds is 1. The summed E-state index contributed by atoms with van der Waals surface area (Å²) in [6.45, 7) is 0. The lowest BCUT2D eigenvalue weighted by molar-refractivity contribution is 0.0692. The standard InChI is InChI=1S/C7H5ClFNO2/c8-4-2-5(9)3(7(11)12)1-6(4)10/h1-2H,10H2,(H,11,12). The van der Waals surface area contributed by atoms with E-state index in [1.165, 1.54) is 0 Å². The zero-order valence-corrected chi connectivity index (χ0v) is 6.60. The molecule has 0 spiro atoms. The van der Waals surface area contributed by atoms with Crippen LogP contribution >= 0.6 is 11.6 Å². The Balaban J connectivity index is 3.33. The summed E-state index contributed by atoms with van der Waals surface area (Å²) in [6, 6.07) is 1.86. The molecule has 0 aliphatic rings. The second-order valence-electron chi connectivity index (χ2n) is 2.16. The van der Waals surface area contributed by atoms with Crippen LogP contribution < -0.4 is 5.73 Å². The largest absolute Gasteiger partial charge is 0.478 e. The Morgan fingerprint density at radius 1 is 1.58 bits per heavy atom. The van der Waals surface area contributed by atoms with Crippen molar-refractivity contribution < 1.29 is 14.3 Å². The number of hydrogen-bond donors (Lipinski definition) is 2. The Kier molecular flexibility index (Phi) is 2.19. The topological polar surface area (TPSA) is 63.3 Å². The van der Waals surface area contributed by atoms with Crippen molar-refractivity contribution in [3.8, 4) is 0 Å². The van der Waals surface area contributed by atoms with E-state index in [0.29, 0.717) is 0 Å².